The maximum Gasteiger partial charge on any atom is 0.326 e. The first-order chi connectivity index (χ1) is 15.8. The largest absolute Gasteiger partial charge is 0.326 e. The van der Waals surface area contributed by atoms with Crippen LogP contribution in [0, 0.1) is 0 Å². The fourth-order valence-electron chi connectivity index (χ4n) is 3.20. The van der Waals surface area contributed by atoms with Gasteiger partial charge in [0.1, 0.15) is 5.69 Å². The van der Waals surface area contributed by atoms with Crippen molar-refractivity contribution in [3.05, 3.63) is 97.2 Å². The number of benzene rings is 3. The normalized spacial score (nSPS) is 10.6. The zero-order valence-electron chi connectivity index (χ0n) is 16.8. The summed E-state index contributed by atoms with van der Waals surface area (Å²) in [7, 11) is 0. The minimum atomic E-state index is -0.484. The fraction of sp³-hybridized carbons (Fsp3) is 0. The van der Waals surface area contributed by atoms with E-state index >= 15 is 0 Å². The van der Waals surface area contributed by atoms with Crippen molar-refractivity contribution in [2.24, 2.45) is 0 Å². The predicted molar refractivity (Wildman–Crippen MR) is 121 cm³/mol. The van der Waals surface area contributed by atoms with Crippen LogP contribution in [-0.2, 0) is 0 Å². The van der Waals surface area contributed by atoms with E-state index in [1.165, 1.54) is 11.0 Å². The van der Waals surface area contributed by atoms with E-state index in [0.717, 1.165) is 16.9 Å². The Morgan fingerprint density at radius 2 is 1.38 bits per heavy atom. The van der Waals surface area contributed by atoms with Crippen molar-refractivity contribution in [2.45, 2.75) is 0 Å². The van der Waals surface area contributed by atoms with E-state index in [1.54, 1.807) is 4.68 Å². The summed E-state index contributed by atoms with van der Waals surface area (Å²) in [6.07, 6.45) is 1.48. The molecule has 2 aromatic heterocycles. The molecule has 9 nitrogen and oxygen atoms in total. The quantitative estimate of drug-likeness (QED) is 0.443. The smallest absolute Gasteiger partial charge is 0.290 e. The second-order valence-electron chi connectivity index (χ2n) is 6.83. The SMILES string of the molecule is O=C(Nc1cnn(-c2ccccc2)n1)Nc1c(-c2ccccc2)nnn1-c1ccccc1. The summed E-state index contributed by atoms with van der Waals surface area (Å²) in [5.74, 6) is 0.752. The van der Waals surface area contributed by atoms with Gasteiger partial charge in [0.2, 0.25) is 0 Å². The van der Waals surface area contributed by atoms with Gasteiger partial charge in [0.25, 0.3) is 0 Å². The van der Waals surface area contributed by atoms with Gasteiger partial charge >= 0.3 is 6.03 Å². The third kappa shape index (κ3) is 3.94. The highest BCUT2D eigenvalue weighted by Crippen LogP contribution is 2.27. The lowest BCUT2D eigenvalue weighted by Crippen LogP contribution is -2.22. The van der Waals surface area contributed by atoms with Gasteiger partial charge in [-0.05, 0) is 24.3 Å². The summed E-state index contributed by atoms with van der Waals surface area (Å²) in [6.45, 7) is 0. The Morgan fingerprint density at radius 1 is 0.750 bits per heavy atom. The highest BCUT2D eigenvalue weighted by Gasteiger charge is 2.19. The molecule has 5 aromatic rings. The molecule has 0 bridgehead atoms. The van der Waals surface area contributed by atoms with Crippen molar-refractivity contribution >= 4 is 17.7 Å². The van der Waals surface area contributed by atoms with Crippen molar-refractivity contribution in [1.82, 2.24) is 30.0 Å². The lowest BCUT2D eigenvalue weighted by atomic mass is 10.1. The molecule has 2 heterocycles. The van der Waals surface area contributed by atoms with Crippen LogP contribution in [0.4, 0.5) is 16.4 Å². The zero-order valence-corrected chi connectivity index (χ0v) is 16.8. The molecular weight excluding hydrogens is 404 g/mol. The van der Waals surface area contributed by atoms with Gasteiger partial charge < -0.3 is 0 Å². The highest BCUT2D eigenvalue weighted by atomic mass is 16.2. The molecule has 0 radical (unpaired) electrons. The standard InChI is InChI=1S/C23H18N8O/c32-23(25-20-16-24-31(28-20)19-14-8-3-9-15-19)26-22-21(17-10-4-1-5-11-17)27-29-30(22)18-12-6-2-7-13-18/h1-16H,(H2,25,26,28,32). The van der Waals surface area contributed by atoms with E-state index in [-0.39, 0.29) is 0 Å². The number of urea groups is 1. The van der Waals surface area contributed by atoms with E-state index in [1.807, 2.05) is 91.0 Å². The Balaban J connectivity index is 1.42. The second-order valence-corrected chi connectivity index (χ2v) is 6.83. The summed E-state index contributed by atoms with van der Waals surface area (Å²) in [5, 5.41) is 22.6. The minimum Gasteiger partial charge on any atom is -0.290 e. The number of hydrogen-bond acceptors (Lipinski definition) is 5. The number of rotatable bonds is 5. The first-order valence-electron chi connectivity index (χ1n) is 9.90. The Bertz CT molecular complexity index is 1270. The van der Waals surface area contributed by atoms with E-state index in [2.05, 4.69) is 31.1 Å². The molecule has 0 spiro atoms. The number of nitrogens with one attached hydrogen (secondary N) is 2. The first kappa shape index (κ1) is 19.2. The number of amides is 2. The Labute approximate surface area is 183 Å². The van der Waals surface area contributed by atoms with Crippen LogP contribution in [0.3, 0.4) is 0 Å². The topological polar surface area (TPSA) is 103 Å². The number of carbonyl (C=O) groups excluding carboxylic acids is 1. The van der Waals surface area contributed by atoms with E-state index in [4.69, 9.17) is 0 Å². The summed E-state index contributed by atoms with van der Waals surface area (Å²) in [4.78, 5) is 14.3. The van der Waals surface area contributed by atoms with Gasteiger partial charge in [-0.3, -0.25) is 10.6 Å². The lowest BCUT2D eigenvalue weighted by molar-refractivity contribution is 0.262. The summed E-state index contributed by atoms with van der Waals surface area (Å²) >= 11 is 0. The lowest BCUT2D eigenvalue weighted by Gasteiger charge is -2.10. The van der Waals surface area contributed by atoms with Crippen LogP contribution in [-0.4, -0.2) is 36.0 Å². The van der Waals surface area contributed by atoms with Crippen molar-refractivity contribution < 1.29 is 4.79 Å². The maximum atomic E-state index is 12.8. The van der Waals surface area contributed by atoms with Crippen LogP contribution >= 0.6 is 0 Å². The van der Waals surface area contributed by atoms with Gasteiger partial charge in [0, 0.05) is 5.56 Å². The van der Waals surface area contributed by atoms with Gasteiger partial charge in [-0.25, -0.2) is 4.79 Å². The first-order valence-corrected chi connectivity index (χ1v) is 9.90. The number of carbonyl (C=O) groups is 1. The van der Waals surface area contributed by atoms with Crippen molar-refractivity contribution in [3.8, 4) is 22.6 Å². The number of nitrogens with zero attached hydrogens (tertiary/aromatic N) is 6. The molecule has 0 aliphatic rings. The van der Waals surface area contributed by atoms with Crippen LogP contribution < -0.4 is 10.6 Å². The number of hydrogen-bond donors (Lipinski definition) is 2. The molecule has 0 aliphatic carbocycles. The molecule has 2 amide bonds. The van der Waals surface area contributed by atoms with Gasteiger partial charge in [-0.2, -0.15) is 9.78 Å². The van der Waals surface area contributed by atoms with E-state index in [9.17, 15) is 4.79 Å². The molecule has 0 saturated carbocycles. The number of anilines is 2. The third-order valence-corrected chi connectivity index (χ3v) is 4.67. The van der Waals surface area contributed by atoms with Crippen LogP contribution in [0.2, 0.25) is 0 Å². The zero-order chi connectivity index (χ0) is 21.8. The average molecular weight is 422 g/mol. The van der Waals surface area contributed by atoms with Crippen molar-refractivity contribution in [2.75, 3.05) is 10.6 Å². The maximum absolute atomic E-state index is 12.8. The fourth-order valence-corrected chi connectivity index (χ4v) is 3.20. The predicted octanol–water partition coefficient (Wildman–Crippen LogP) is 4.16. The van der Waals surface area contributed by atoms with Crippen LogP contribution in [0.5, 0.6) is 0 Å². The molecule has 0 aliphatic heterocycles. The molecule has 2 N–H and O–H groups in total. The molecule has 3 aromatic carbocycles. The molecule has 32 heavy (non-hydrogen) atoms. The summed E-state index contributed by atoms with van der Waals surface area (Å²) in [6, 6.07) is 28.0. The van der Waals surface area contributed by atoms with Gasteiger partial charge in [-0.15, -0.1) is 15.0 Å². The minimum absolute atomic E-state index is 0.311. The van der Waals surface area contributed by atoms with Crippen molar-refractivity contribution in [1.29, 1.82) is 0 Å². The average Bonchev–Trinajstić information content (AvgIpc) is 3.48. The summed E-state index contributed by atoms with van der Waals surface area (Å²) in [5.41, 5.74) is 2.95. The van der Waals surface area contributed by atoms with Crippen LogP contribution in [0.25, 0.3) is 22.6 Å². The Hall–Kier alpha value is -4.79. The third-order valence-electron chi connectivity index (χ3n) is 4.67. The molecule has 0 saturated heterocycles. The molecule has 9 heteroatoms. The Kier molecular flexibility index (Phi) is 5.11. The van der Waals surface area contributed by atoms with Gasteiger partial charge in [0.05, 0.1) is 17.6 Å². The molecule has 0 atom stereocenters. The van der Waals surface area contributed by atoms with Gasteiger partial charge in [-0.1, -0.05) is 71.9 Å². The number of para-hydroxylation sites is 2. The van der Waals surface area contributed by atoms with Crippen LogP contribution in [0.1, 0.15) is 0 Å². The van der Waals surface area contributed by atoms with E-state index in [0.29, 0.717) is 17.3 Å². The molecular formula is C23H18N8O. The van der Waals surface area contributed by atoms with Crippen LogP contribution in [0.15, 0.2) is 97.2 Å². The number of aromatic nitrogens is 6. The molecule has 156 valence electrons. The highest BCUT2D eigenvalue weighted by molar-refractivity contribution is 6.00. The monoisotopic (exact) mass is 422 g/mol. The van der Waals surface area contributed by atoms with Gasteiger partial charge in [0.15, 0.2) is 11.6 Å². The summed E-state index contributed by atoms with van der Waals surface area (Å²) < 4.78 is 1.59. The molecule has 0 unspecified atom stereocenters. The van der Waals surface area contributed by atoms with E-state index < -0.39 is 6.03 Å². The second kappa shape index (κ2) is 8.52. The molecule has 5 rings (SSSR count). The Morgan fingerprint density at radius 3 is 2.06 bits per heavy atom. The molecule has 0 fully saturated rings. The van der Waals surface area contributed by atoms with Crippen molar-refractivity contribution in [3.63, 3.8) is 0 Å².